The summed E-state index contributed by atoms with van der Waals surface area (Å²) in [5.41, 5.74) is 0. The van der Waals surface area contributed by atoms with Crippen molar-refractivity contribution in [3.8, 4) is 0 Å². The Labute approximate surface area is 141 Å². The van der Waals surface area contributed by atoms with Gasteiger partial charge in [0.05, 0.1) is 18.1 Å². The van der Waals surface area contributed by atoms with Crippen LogP contribution in [0.1, 0.15) is 84.5 Å². The van der Waals surface area contributed by atoms with Crippen LogP contribution in [0.25, 0.3) is 0 Å². The fraction of sp³-hybridized carbons (Fsp3) is 0.947. The van der Waals surface area contributed by atoms with E-state index < -0.39 is 5.97 Å². The van der Waals surface area contributed by atoms with E-state index in [1.54, 1.807) is 6.92 Å². The van der Waals surface area contributed by atoms with Gasteiger partial charge in [0.1, 0.15) is 0 Å². The molecule has 1 fully saturated rings. The Morgan fingerprint density at radius 1 is 1.09 bits per heavy atom. The minimum Gasteiger partial charge on any atom is -0.481 e. The predicted octanol–water partition coefficient (Wildman–Crippen LogP) is 3.99. The third-order valence-electron chi connectivity index (χ3n) is 5.52. The molecule has 1 aliphatic carbocycles. The van der Waals surface area contributed by atoms with Gasteiger partial charge in [-0.3, -0.25) is 4.79 Å². The number of hydrogen-bond acceptors (Lipinski definition) is 3. The second-order valence-corrected chi connectivity index (χ2v) is 7.47. The Morgan fingerprint density at radius 2 is 1.83 bits per heavy atom. The number of hydrogen-bond donors (Lipinski definition) is 3. The van der Waals surface area contributed by atoms with Gasteiger partial charge in [0.25, 0.3) is 0 Å². The summed E-state index contributed by atoms with van der Waals surface area (Å²) in [5.74, 6) is -0.0306. The summed E-state index contributed by atoms with van der Waals surface area (Å²) in [6, 6.07) is 0. The highest BCUT2D eigenvalue weighted by Gasteiger charge is 2.34. The largest absolute Gasteiger partial charge is 0.481 e. The van der Waals surface area contributed by atoms with Crippen molar-refractivity contribution >= 4 is 5.97 Å². The number of aliphatic hydroxyl groups is 2. The molecule has 4 nitrogen and oxygen atoms in total. The van der Waals surface area contributed by atoms with Crippen LogP contribution in [-0.2, 0) is 4.79 Å². The zero-order valence-corrected chi connectivity index (χ0v) is 14.9. The minimum absolute atomic E-state index is 0.179. The summed E-state index contributed by atoms with van der Waals surface area (Å²) in [6.07, 6.45) is 10.3. The Kier molecular flexibility index (Phi) is 9.80. The molecule has 1 rings (SSSR count). The smallest absolute Gasteiger partial charge is 0.306 e. The van der Waals surface area contributed by atoms with E-state index in [2.05, 4.69) is 6.92 Å². The van der Waals surface area contributed by atoms with Crippen LogP contribution < -0.4 is 0 Å². The van der Waals surface area contributed by atoms with Gasteiger partial charge in [-0.25, -0.2) is 0 Å². The summed E-state index contributed by atoms with van der Waals surface area (Å²) in [4.78, 5) is 10.8. The van der Waals surface area contributed by atoms with Crippen molar-refractivity contribution in [3.63, 3.8) is 0 Å². The van der Waals surface area contributed by atoms with E-state index in [0.29, 0.717) is 11.8 Å². The maximum Gasteiger partial charge on any atom is 0.306 e. The first kappa shape index (κ1) is 20.4. The van der Waals surface area contributed by atoms with E-state index >= 15 is 0 Å². The molecular formula is C19H36O4. The first-order valence-electron chi connectivity index (χ1n) is 9.54. The molecule has 4 heteroatoms. The van der Waals surface area contributed by atoms with E-state index in [9.17, 15) is 15.0 Å². The minimum atomic E-state index is -0.707. The first-order valence-corrected chi connectivity index (χ1v) is 9.54. The molecule has 0 aromatic carbocycles. The molecule has 0 aliphatic heterocycles. The van der Waals surface area contributed by atoms with Crippen molar-refractivity contribution in [2.24, 2.45) is 17.8 Å². The molecule has 2 unspecified atom stereocenters. The average molecular weight is 328 g/mol. The van der Waals surface area contributed by atoms with Gasteiger partial charge >= 0.3 is 5.97 Å². The SMILES string of the molecule is CCCC(O)CC[C@H]1CC[C@H](O)[C@@H]1CCCCCC(C)C(=O)O. The molecule has 1 aliphatic rings. The molecule has 0 aromatic rings. The van der Waals surface area contributed by atoms with Crippen molar-refractivity contribution in [1.29, 1.82) is 0 Å². The molecule has 0 bridgehead atoms. The number of carboxylic acid groups (broad SMARTS) is 1. The fourth-order valence-corrected chi connectivity index (χ4v) is 3.93. The summed E-state index contributed by atoms with van der Waals surface area (Å²) in [7, 11) is 0. The van der Waals surface area contributed by atoms with Crippen molar-refractivity contribution < 1.29 is 20.1 Å². The Morgan fingerprint density at radius 3 is 2.48 bits per heavy atom. The molecular weight excluding hydrogens is 292 g/mol. The maximum atomic E-state index is 10.8. The lowest BCUT2D eigenvalue weighted by molar-refractivity contribution is -0.141. The van der Waals surface area contributed by atoms with Gasteiger partial charge in [-0.15, -0.1) is 0 Å². The summed E-state index contributed by atoms with van der Waals surface area (Å²) in [6.45, 7) is 3.86. The number of rotatable bonds is 12. The summed E-state index contributed by atoms with van der Waals surface area (Å²) < 4.78 is 0. The predicted molar refractivity (Wildman–Crippen MR) is 92.3 cm³/mol. The highest BCUT2D eigenvalue weighted by atomic mass is 16.4. The molecule has 0 heterocycles. The lowest BCUT2D eigenvalue weighted by Gasteiger charge is -2.23. The van der Waals surface area contributed by atoms with Crippen molar-refractivity contribution in [2.45, 2.75) is 96.7 Å². The Hall–Kier alpha value is -0.610. The second kappa shape index (κ2) is 11.0. The van der Waals surface area contributed by atoms with Crippen LogP contribution in [-0.4, -0.2) is 33.5 Å². The van der Waals surface area contributed by atoms with Gasteiger partial charge in [-0.1, -0.05) is 39.5 Å². The highest BCUT2D eigenvalue weighted by Crippen LogP contribution is 2.39. The molecule has 0 spiro atoms. The molecule has 0 radical (unpaired) electrons. The topological polar surface area (TPSA) is 77.8 Å². The van der Waals surface area contributed by atoms with Crippen LogP contribution in [0.3, 0.4) is 0 Å². The second-order valence-electron chi connectivity index (χ2n) is 7.47. The van der Waals surface area contributed by atoms with Crippen molar-refractivity contribution in [3.05, 3.63) is 0 Å². The number of aliphatic carboxylic acids is 1. The third-order valence-corrected chi connectivity index (χ3v) is 5.52. The molecule has 23 heavy (non-hydrogen) atoms. The number of unbranched alkanes of at least 4 members (excludes halogenated alkanes) is 2. The third kappa shape index (κ3) is 7.67. The van der Waals surface area contributed by atoms with Crippen LogP contribution in [0.5, 0.6) is 0 Å². The maximum absolute atomic E-state index is 10.8. The normalized spacial score (nSPS) is 27.0. The zero-order chi connectivity index (χ0) is 17.2. The van der Waals surface area contributed by atoms with E-state index in [1.807, 2.05) is 0 Å². The van der Waals surface area contributed by atoms with Crippen LogP contribution >= 0.6 is 0 Å². The van der Waals surface area contributed by atoms with E-state index in [-0.39, 0.29) is 18.1 Å². The van der Waals surface area contributed by atoms with E-state index in [0.717, 1.165) is 70.6 Å². The van der Waals surface area contributed by atoms with Gasteiger partial charge < -0.3 is 15.3 Å². The Balaban J connectivity index is 2.22. The van der Waals surface area contributed by atoms with E-state index in [1.165, 1.54) is 0 Å². The molecule has 3 N–H and O–H groups in total. The summed E-state index contributed by atoms with van der Waals surface area (Å²) in [5, 5.41) is 29.0. The molecule has 1 saturated carbocycles. The van der Waals surface area contributed by atoms with Crippen LogP contribution in [0.15, 0.2) is 0 Å². The van der Waals surface area contributed by atoms with Gasteiger partial charge in [0.2, 0.25) is 0 Å². The van der Waals surface area contributed by atoms with Crippen molar-refractivity contribution in [1.82, 2.24) is 0 Å². The first-order chi connectivity index (χ1) is 11.0. The van der Waals surface area contributed by atoms with Gasteiger partial charge in [-0.2, -0.15) is 0 Å². The van der Waals surface area contributed by atoms with Gasteiger partial charge in [-0.05, 0) is 56.8 Å². The lowest BCUT2D eigenvalue weighted by Crippen LogP contribution is -2.20. The molecule has 0 aromatic heterocycles. The zero-order valence-electron chi connectivity index (χ0n) is 14.9. The van der Waals surface area contributed by atoms with Crippen LogP contribution in [0, 0.1) is 17.8 Å². The molecule has 0 amide bonds. The number of carbonyl (C=O) groups is 1. The molecule has 0 saturated heterocycles. The highest BCUT2D eigenvalue weighted by molar-refractivity contribution is 5.69. The fourth-order valence-electron chi connectivity index (χ4n) is 3.93. The molecule has 5 atom stereocenters. The van der Waals surface area contributed by atoms with Gasteiger partial charge in [0, 0.05) is 0 Å². The van der Waals surface area contributed by atoms with E-state index in [4.69, 9.17) is 5.11 Å². The number of aliphatic hydroxyl groups excluding tert-OH is 2. The molecule has 136 valence electrons. The lowest BCUT2D eigenvalue weighted by atomic mass is 9.85. The van der Waals surface area contributed by atoms with Gasteiger partial charge in [0.15, 0.2) is 0 Å². The quantitative estimate of drug-likeness (QED) is 0.473. The Bertz CT molecular complexity index is 331. The van der Waals surface area contributed by atoms with Crippen molar-refractivity contribution in [2.75, 3.05) is 0 Å². The van der Waals surface area contributed by atoms with Crippen LogP contribution in [0.4, 0.5) is 0 Å². The average Bonchev–Trinajstić information content (AvgIpc) is 2.85. The number of carboxylic acids is 1. The monoisotopic (exact) mass is 328 g/mol. The standard InChI is InChI=1S/C19H36O4/c1-3-7-16(20)12-10-15-11-13-18(21)17(15)9-6-4-5-8-14(2)19(22)23/h14-18,20-21H,3-13H2,1-2H3,(H,22,23)/t14?,15-,16?,17+,18-/m0/s1. The van der Waals surface area contributed by atoms with Crippen LogP contribution in [0.2, 0.25) is 0 Å². The summed E-state index contributed by atoms with van der Waals surface area (Å²) >= 11 is 0.